The van der Waals surface area contributed by atoms with Gasteiger partial charge in [-0.05, 0) is 24.8 Å². The van der Waals surface area contributed by atoms with Gasteiger partial charge in [0.25, 0.3) is 5.91 Å². The number of aromatic nitrogens is 1. The first kappa shape index (κ1) is 17.5. The van der Waals surface area contributed by atoms with Gasteiger partial charge in [-0.3, -0.25) is 9.59 Å². The second-order valence-electron chi connectivity index (χ2n) is 5.93. The normalized spacial score (nSPS) is 16.7. The molecule has 0 spiro atoms. The lowest BCUT2D eigenvalue weighted by atomic mass is 10.1. The van der Waals surface area contributed by atoms with Crippen LogP contribution in [0.5, 0.6) is 0 Å². The number of likely N-dealkylation sites (tertiary alicyclic amines) is 1. The lowest BCUT2D eigenvalue weighted by molar-refractivity contribution is -0.140. The van der Waals surface area contributed by atoms with Crippen LogP contribution in [0.2, 0.25) is 0 Å². The number of carboxylic acid groups (broad SMARTS) is 1. The number of aromatic amines is 1. The maximum Gasteiger partial charge on any atom is 0.322 e. The Kier molecular flexibility index (Phi) is 5.10. The van der Waals surface area contributed by atoms with Crippen LogP contribution in [-0.4, -0.2) is 54.4 Å². The van der Waals surface area contributed by atoms with Gasteiger partial charge in [0.15, 0.2) is 0 Å². The van der Waals surface area contributed by atoms with E-state index in [1.54, 1.807) is 18.7 Å². The van der Waals surface area contributed by atoms with Gasteiger partial charge in [0.1, 0.15) is 16.6 Å². The van der Waals surface area contributed by atoms with Gasteiger partial charge in [0.2, 0.25) is 10.0 Å². The number of rotatable bonds is 6. The molecule has 0 aromatic carbocycles. The van der Waals surface area contributed by atoms with E-state index in [0.29, 0.717) is 13.1 Å². The molecule has 2 heterocycles. The van der Waals surface area contributed by atoms with Crippen molar-refractivity contribution < 1.29 is 23.1 Å². The van der Waals surface area contributed by atoms with Gasteiger partial charge in [-0.2, -0.15) is 4.72 Å². The average Bonchev–Trinajstić information content (AvgIpc) is 3.14. The number of H-pyrrole nitrogens is 1. The monoisotopic (exact) mass is 343 g/mol. The molecule has 0 radical (unpaired) electrons. The third-order valence-corrected chi connectivity index (χ3v) is 5.23. The number of hydrogen-bond donors (Lipinski definition) is 3. The van der Waals surface area contributed by atoms with Gasteiger partial charge in [0, 0.05) is 19.3 Å². The summed E-state index contributed by atoms with van der Waals surface area (Å²) in [7, 11) is -4.02. The van der Waals surface area contributed by atoms with Crippen molar-refractivity contribution in [1.29, 1.82) is 0 Å². The van der Waals surface area contributed by atoms with Crippen molar-refractivity contribution in [2.45, 2.75) is 37.6 Å². The predicted molar refractivity (Wildman–Crippen MR) is 82.5 cm³/mol. The summed E-state index contributed by atoms with van der Waals surface area (Å²) in [6, 6.07) is 0.00927. The van der Waals surface area contributed by atoms with E-state index < -0.39 is 28.0 Å². The summed E-state index contributed by atoms with van der Waals surface area (Å²) in [4.78, 5) is 27.5. The third kappa shape index (κ3) is 3.91. The summed E-state index contributed by atoms with van der Waals surface area (Å²) in [6.07, 6.45) is 3.08. The van der Waals surface area contributed by atoms with Crippen molar-refractivity contribution in [3.8, 4) is 0 Å². The molecule has 1 atom stereocenters. The number of amides is 1. The molecule has 128 valence electrons. The first-order valence-electron chi connectivity index (χ1n) is 7.45. The van der Waals surface area contributed by atoms with Crippen molar-refractivity contribution >= 4 is 21.9 Å². The Bertz CT molecular complexity index is 689. The Hall–Kier alpha value is -1.87. The third-order valence-electron chi connectivity index (χ3n) is 3.81. The van der Waals surface area contributed by atoms with E-state index in [9.17, 15) is 18.0 Å². The van der Waals surface area contributed by atoms with Crippen molar-refractivity contribution in [2.75, 3.05) is 13.1 Å². The first-order valence-corrected chi connectivity index (χ1v) is 8.93. The summed E-state index contributed by atoms with van der Waals surface area (Å²) in [5.74, 6) is -1.90. The molecule has 1 fully saturated rings. The van der Waals surface area contributed by atoms with Crippen LogP contribution < -0.4 is 4.72 Å². The predicted octanol–water partition coefficient (Wildman–Crippen LogP) is 0.638. The highest BCUT2D eigenvalue weighted by atomic mass is 32.2. The Balaban J connectivity index is 2.17. The van der Waals surface area contributed by atoms with Crippen molar-refractivity contribution in [1.82, 2.24) is 14.6 Å². The minimum atomic E-state index is -4.02. The number of nitrogens with zero attached hydrogens (tertiary/aromatic N) is 1. The molecule has 0 unspecified atom stereocenters. The summed E-state index contributed by atoms with van der Waals surface area (Å²) in [5.41, 5.74) is 0.184. The molecular formula is C14H21N3O5S. The van der Waals surface area contributed by atoms with E-state index in [1.165, 1.54) is 12.3 Å². The highest BCUT2D eigenvalue weighted by molar-refractivity contribution is 7.89. The standard InChI is InChI=1S/C14H21N3O5S/c1-9(2)12(14(19)20)16-23(21,22)10-7-11(15-8-10)13(18)17-5-3-4-6-17/h7-9,12,15-16H,3-6H2,1-2H3,(H,19,20)/t12-/m1/s1. The molecule has 0 aliphatic carbocycles. The number of carbonyl (C=O) groups is 2. The van der Waals surface area contributed by atoms with Crippen LogP contribution in [0.15, 0.2) is 17.2 Å². The number of carboxylic acids is 1. The maximum absolute atomic E-state index is 12.3. The van der Waals surface area contributed by atoms with Gasteiger partial charge in [-0.15, -0.1) is 0 Å². The summed E-state index contributed by atoms with van der Waals surface area (Å²) < 4.78 is 26.7. The molecule has 1 aliphatic heterocycles. The van der Waals surface area contributed by atoms with Crippen molar-refractivity contribution in [3.05, 3.63) is 18.0 Å². The molecule has 9 heteroatoms. The molecule has 2 rings (SSSR count). The number of sulfonamides is 1. The number of carbonyl (C=O) groups excluding carboxylic acids is 1. The Morgan fingerprint density at radius 3 is 2.43 bits per heavy atom. The lowest BCUT2D eigenvalue weighted by Gasteiger charge is -2.17. The molecule has 3 N–H and O–H groups in total. The molecule has 1 amide bonds. The van der Waals surface area contributed by atoms with E-state index in [0.717, 1.165) is 12.8 Å². The van der Waals surface area contributed by atoms with Crippen LogP contribution in [0.25, 0.3) is 0 Å². The molecule has 1 aliphatic rings. The Morgan fingerprint density at radius 2 is 1.91 bits per heavy atom. The second kappa shape index (κ2) is 6.71. The molecule has 1 aromatic rings. The number of aliphatic carboxylic acids is 1. The number of hydrogen-bond acceptors (Lipinski definition) is 4. The Labute approximate surface area is 134 Å². The zero-order valence-corrected chi connectivity index (χ0v) is 13.9. The van der Waals surface area contributed by atoms with Gasteiger partial charge >= 0.3 is 5.97 Å². The van der Waals surface area contributed by atoms with E-state index in [4.69, 9.17) is 5.11 Å². The van der Waals surface area contributed by atoms with Crippen LogP contribution in [0, 0.1) is 5.92 Å². The smallest absolute Gasteiger partial charge is 0.322 e. The van der Waals surface area contributed by atoms with Crippen LogP contribution in [0.4, 0.5) is 0 Å². The molecule has 1 saturated heterocycles. The molecule has 8 nitrogen and oxygen atoms in total. The first-order chi connectivity index (χ1) is 10.7. The van der Waals surface area contributed by atoms with Crippen LogP contribution >= 0.6 is 0 Å². The van der Waals surface area contributed by atoms with Gasteiger partial charge < -0.3 is 15.0 Å². The van der Waals surface area contributed by atoms with E-state index in [1.807, 2.05) is 0 Å². The SMILES string of the molecule is CC(C)[C@@H](NS(=O)(=O)c1c[nH]c(C(=O)N2CCCC2)c1)C(=O)O. The van der Waals surface area contributed by atoms with Gasteiger partial charge in [-0.1, -0.05) is 13.8 Å². The van der Waals surface area contributed by atoms with Gasteiger partial charge in [-0.25, -0.2) is 8.42 Å². The largest absolute Gasteiger partial charge is 0.480 e. The topological polar surface area (TPSA) is 120 Å². The van der Waals surface area contributed by atoms with E-state index in [2.05, 4.69) is 9.71 Å². The molecule has 1 aromatic heterocycles. The summed E-state index contributed by atoms with van der Waals surface area (Å²) in [6.45, 7) is 4.54. The second-order valence-corrected chi connectivity index (χ2v) is 7.64. The maximum atomic E-state index is 12.3. The van der Waals surface area contributed by atoms with Crippen LogP contribution in [0.3, 0.4) is 0 Å². The average molecular weight is 343 g/mol. The van der Waals surface area contributed by atoms with Crippen LogP contribution in [0.1, 0.15) is 37.2 Å². The highest BCUT2D eigenvalue weighted by Gasteiger charge is 2.29. The minimum absolute atomic E-state index is 0.146. The lowest BCUT2D eigenvalue weighted by Crippen LogP contribution is -2.44. The Morgan fingerprint density at radius 1 is 1.30 bits per heavy atom. The van der Waals surface area contributed by atoms with Crippen molar-refractivity contribution in [2.24, 2.45) is 5.92 Å². The highest BCUT2D eigenvalue weighted by Crippen LogP contribution is 2.17. The van der Waals surface area contributed by atoms with Crippen molar-refractivity contribution in [3.63, 3.8) is 0 Å². The summed E-state index contributed by atoms with van der Waals surface area (Å²) in [5, 5.41) is 9.10. The zero-order valence-electron chi connectivity index (χ0n) is 13.1. The quantitative estimate of drug-likeness (QED) is 0.700. The fourth-order valence-electron chi connectivity index (χ4n) is 2.45. The molecule has 0 bridgehead atoms. The fourth-order valence-corrected chi connectivity index (χ4v) is 3.78. The number of nitrogens with one attached hydrogen (secondary N) is 2. The van der Waals surface area contributed by atoms with E-state index in [-0.39, 0.29) is 16.5 Å². The molecular weight excluding hydrogens is 322 g/mol. The minimum Gasteiger partial charge on any atom is -0.480 e. The molecule has 23 heavy (non-hydrogen) atoms. The zero-order chi connectivity index (χ0) is 17.2. The fraction of sp³-hybridized carbons (Fsp3) is 0.571. The van der Waals surface area contributed by atoms with Gasteiger partial charge in [0.05, 0.1) is 0 Å². The van der Waals surface area contributed by atoms with E-state index >= 15 is 0 Å². The molecule has 0 saturated carbocycles. The summed E-state index contributed by atoms with van der Waals surface area (Å²) >= 11 is 0. The van der Waals surface area contributed by atoms with Crippen LogP contribution in [-0.2, 0) is 14.8 Å².